The van der Waals surface area contributed by atoms with Gasteiger partial charge in [0.1, 0.15) is 5.75 Å². The summed E-state index contributed by atoms with van der Waals surface area (Å²) in [4.78, 5) is 11.5. The molecule has 0 radical (unpaired) electrons. The van der Waals surface area contributed by atoms with Crippen LogP contribution in [0, 0.1) is 6.92 Å². The molecule has 0 aliphatic heterocycles. The number of ketones is 1. The maximum atomic E-state index is 12.9. The Kier molecular flexibility index (Phi) is 5.51. The van der Waals surface area contributed by atoms with Crippen LogP contribution in [0.25, 0.3) is 0 Å². The minimum absolute atomic E-state index is 0.0485. The molecular formula is C19H17F3O3. The molecule has 2 aromatic rings. The minimum Gasteiger partial charge on any atom is -0.493 e. The van der Waals surface area contributed by atoms with Crippen molar-refractivity contribution >= 4 is 5.78 Å². The maximum absolute atomic E-state index is 12.9. The molecule has 0 fully saturated rings. The molecular weight excluding hydrogens is 333 g/mol. The molecule has 2 aromatic carbocycles. The lowest BCUT2D eigenvalue weighted by molar-refractivity contribution is -0.137. The summed E-state index contributed by atoms with van der Waals surface area (Å²) < 4.78 is 49.5. The number of ether oxygens (including phenoxy) is 2. The van der Waals surface area contributed by atoms with Gasteiger partial charge in [-0.2, -0.15) is 13.2 Å². The Morgan fingerprint density at radius 2 is 1.84 bits per heavy atom. The number of rotatable bonds is 6. The highest BCUT2D eigenvalue weighted by Gasteiger charge is 2.31. The number of alkyl halides is 3. The van der Waals surface area contributed by atoms with Crippen LogP contribution in [-0.2, 0) is 17.4 Å². The van der Waals surface area contributed by atoms with Gasteiger partial charge in [-0.05, 0) is 48.4 Å². The lowest BCUT2D eigenvalue weighted by Gasteiger charge is -2.15. The van der Waals surface area contributed by atoms with E-state index in [2.05, 4.69) is 6.58 Å². The van der Waals surface area contributed by atoms with Crippen LogP contribution in [0.1, 0.15) is 16.7 Å². The van der Waals surface area contributed by atoms with Crippen LogP contribution in [0.5, 0.6) is 17.2 Å². The van der Waals surface area contributed by atoms with Crippen molar-refractivity contribution < 1.29 is 27.4 Å². The van der Waals surface area contributed by atoms with Crippen molar-refractivity contribution in [3.05, 3.63) is 65.7 Å². The highest BCUT2D eigenvalue weighted by atomic mass is 19.4. The molecule has 0 N–H and O–H groups in total. The monoisotopic (exact) mass is 350 g/mol. The van der Waals surface area contributed by atoms with Gasteiger partial charge in [0, 0.05) is 6.42 Å². The smallest absolute Gasteiger partial charge is 0.416 e. The average molecular weight is 350 g/mol. The predicted octanol–water partition coefficient (Wildman–Crippen LogP) is 5.11. The molecule has 3 nitrogen and oxygen atoms in total. The minimum atomic E-state index is -4.49. The zero-order chi connectivity index (χ0) is 18.6. The zero-order valence-corrected chi connectivity index (χ0v) is 13.8. The van der Waals surface area contributed by atoms with Crippen molar-refractivity contribution in [2.24, 2.45) is 0 Å². The van der Waals surface area contributed by atoms with Crippen LogP contribution < -0.4 is 9.47 Å². The van der Waals surface area contributed by atoms with Crippen molar-refractivity contribution in [3.63, 3.8) is 0 Å². The predicted molar refractivity (Wildman–Crippen MR) is 88.2 cm³/mol. The summed E-state index contributed by atoms with van der Waals surface area (Å²) in [5.41, 5.74) is 0.560. The lowest BCUT2D eigenvalue weighted by Crippen LogP contribution is -2.05. The second-order valence-electron chi connectivity index (χ2n) is 5.41. The molecule has 0 saturated heterocycles. The Hall–Kier alpha value is -2.76. The Labute approximate surface area is 143 Å². The molecule has 0 heterocycles. The Morgan fingerprint density at radius 3 is 2.44 bits per heavy atom. The number of benzene rings is 2. The molecule has 0 aliphatic rings. The van der Waals surface area contributed by atoms with Crippen molar-refractivity contribution in [1.29, 1.82) is 0 Å². The molecule has 2 rings (SSSR count). The van der Waals surface area contributed by atoms with E-state index in [0.29, 0.717) is 16.9 Å². The standard InChI is InChI=1S/C19H17F3O3/c1-4-15(23)9-13-6-5-12(2)17(10-13)25-18-11-14(19(20,21)22)7-8-16(18)24-3/h4-8,10-11H,1,9H2,2-3H3. The summed E-state index contributed by atoms with van der Waals surface area (Å²) in [6.45, 7) is 5.17. The van der Waals surface area contributed by atoms with Crippen molar-refractivity contribution in [2.45, 2.75) is 19.5 Å². The molecule has 0 aliphatic carbocycles. The third kappa shape index (κ3) is 4.62. The fourth-order valence-electron chi connectivity index (χ4n) is 2.19. The molecule has 0 spiro atoms. The van der Waals surface area contributed by atoms with E-state index in [4.69, 9.17) is 9.47 Å². The van der Waals surface area contributed by atoms with E-state index in [-0.39, 0.29) is 23.7 Å². The van der Waals surface area contributed by atoms with E-state index in [1.807, 2.05) is 0 Å². The first-order chi connectivity index (χ1) is 11.7. The van der Waals surface area contributed by atoms with Gasteiger partial charge in [0.15, 0.2) is 17.3 Å². The molecule has 25 heavy (non-hydrogen) atoms. The van der Waals surface area contributed by atoms with Crippen LogP contribution in [0.15, 0.2) is 49.1 Å². The normalized spacial score (nSPS) is 11.1. The zero-order valence-electron chi connectivity index (χ0n) is 13.8. The Balaban J connectivity index is 2.39. The summed E-state index contributed by atoms with van der Waals surface area (Å²) >= 11 is 0. The largest absolute Gasteiger partial charge is 0.493 e. The number of carbonyl (C=O) groups excluding carboxylic acids is 1. The Morgan fingerprint density at radius 1 is 1.12 bits per heavy atom. The topological polar surface area (TPSA) is 35.5 Å². The number of methoxy groups -OCH3 is 1. The van der Waals surface area contributed by atoms with E-state index in [1.165, 1.54) is 19.3 Å². The molecule has 6 heteroatoms. The number of hydrogen-bond donors (Lipinski definition) is 0. The molecule has 132 valence electrons. The molecule has 0 saturated carbocycles. The van der Waals surface area contributed by atoms with Gasteiger partial charge >= 0.3 is 6.18 Å². The van der Waals surface area contributed by atoms with E-state index >= 15 is 0 Å². The lowest BCUT2D eigenvalue weighted by atomic mass is 10.1. The first-order valence-electron chi connectivity index (χ1n) is 7.42. The van der Waals surface area contributed by atoms with Gasteiger partial charge in [0.05, 0.1) is 12.7 Å². The van der Waals surface area contributed by atoms with Crippen molar-refractivity contribution in [3.8, 4) is 17.2 Å². The van der Waals surface area contributed by atoms with Crippen LogP contribution in [0.3, 0.4) is 0 Å². The third-order valence-corrected chi connectivity index (χ3v) is 3.57. The van der Waals surface area contributed by atoms with Gasteiger partial charge < -0.3 is 9.47 Å². The number of halogens is 3. The van der Waals surface area contributed by atoms with Gasteiger partial charge in [-0.15, -0.1) is 0 Å². The van der Waals surface area contributed by atoms with E-state index in [0.717, 1.165) is 12.1 Å². The quantitative estimate of drug-likeness (QED) is 0.679. The van der Waals surface area contributed by atoms with Crippen LogP contribution >= 0.6 is 0 Å². The number of carbonyl (C=O) groups is 1. The highest BCUT2D eigenvalue weighted by Crippen LogP contribution is 2.39. The number of hydrogen-bond acceptors (Lipinski definition) is 3. The van der Waals surface area contributed by atoms with Gasteiger partial charge in [-0.1, -0.05) is 18.7 Å². The summed E-state index contributed by atoms with van der Waals surface area (Å²) in [5, 5.41) is 0. The summed E-state index contributed by atoms with van der Waals surface area (Å²) in [6, 6.07) is 8.14. The van der Waals surface area contributed by atoms with Crippen LogP contribution in [0.2, 0.25) is 0 Å². The first-order valence-corrected chi connectivity index (χ1v) is 7.42. The number of aryl methyl sites for hydroxylation is 1. The van der Waals surface area contributed by atoms with E-state index in [1.54, 1.807) is 25.1 Å². The second-order valence-corrected chi connectivity index (χ2v) is 5.41. The van der Waals surface area contributed by atoms with Crippen molar-refractivity contribution in [1.82, 2.24) is 0 Å². The second kappa shape index (κ2) is 7.42. The van der Waals surface area contributed by atoms with E-state index in [9.17, 15) is 18.0 Å². The number of allylic oxidation sites excluding steroid dienone is 1. The van der Waals surface area contributed by atoms with Crippen LogP contribution in [-0.4, -0.2) is 12.9 Å². The van der Waals surface area contributed by atoms with Gasteiger partial charge in [0.2, 0.25) is 0 Å². The third-order valence-electron chi connectivity index (χ3n) is 3.57. The summed E-state index contributed by atoms with van der Waals surface area (Å²) in [5.74, 6) is 0.325. The summed E-state index contributed by atoms with van der Waals surface area (Å²) in [7, 11) is 1.35. The molecule has 0 unspecified atom stereocenters. The highest BCUT2D eigenvalue weighted by molar-refractivity contribution is 5.90. The molecule has 0 amide bonds. The Bertz CT molecular complexity index is 795. The van der Waals surface area contributed by atoms with Crippen LogP contribution in [0.4, 0.5) is 13.2 Å². The van der Waals surface area contributed by atoms with Crippen molar-refractivity contribution in [2.75, 3.05) is 7.11 Å². The van der Waals surface area contributed by atoms with Gasteiger partial charge in [0.25, 0.3) is 0 Å². The fraction of sp³-hybridized carbons (Fsp3) is 0.211. The molecule has 0 bridgehead atoms. The molecule has 0 aromatic heterocycles. The summed E-state index contributed by atoms with van der Waals surface area (Å²) in [6.07, 6.45) is -3.13. The fourth-order valence-corrected chi connectivity index (χ4v) is 2.19. The van der Waals surface area contributed by atoms with Gasteiger partial charge in [-0.25, -0.2) is 0 Å². The SMILES string of the molecule is C=CC(=O)Cc1ccc(C)c(Oc2cc(C(F)(F)F)ccc2OC)c1. The average Bonchev–Trinajstić information content (AvgIpc) is 2.56. The maximum Gasteiger partial charge on any atom is 0.416 e. The first kappa shape index (κ1) is 18.6. The van der Waals surface area contributed by atoms with E-state index < -0.39 is 11.7 Å². The van der Waals surface area contributed by atoms with Gasteiger partial charge in [-0.3, -0.25) is 4.79 Å². The molecule has 0 atom stereocenters.